The van der Waals surface area contributed by atoms with Gasteiger partial charge in [-0.15, -0.1) is 0 Å². The average Bonchev–Trinajstić information content (AvgIpc) is 3.62. The Kier molecular flexibility index (Phi) is 6.51. The number of likely N-dealkylation sites (tertiary alicyclic amines) is 1. The second kappa shape index (κ2) is 10.3. The summed E-state index contributed by atoms with van der Waals surface area (Å²) in [6, 6.07) is 14.3. The Balaban J connectivity index is 1.26. The molecule has 6 rings (SSSR count). The summed E-state index contributed by atoms with van der Waals surface area (Å²) in [5.74, 6) is 0.973. The number of aromatic amines is 1. The van der Waals surface area contributed by atoms with Gasteiger partial charge in [0.05, 0.1) is 23.7 Å². The molecule has 1 saturated heterocycles. The van der Waals surface area contributed by atoms with Gasteiger partial charge >= 0.3 is 0 Å². The molecular formula is C30H28N6O4. The number of phenols is 1. The molecule has 5 aromatic rings. The first-order valence-electron chi connectivity index (χ1n) is 13.1. The predicted octanol–water partition coefficient (Wildman–Crippen LogP) is 4.47. The molecule has 40 heavy (non-hydrogen) atoms. The second-order valence-electron chi connectivity index (χ2n) is 9.93. The molecule has 202 valence electrons. The molecule has 1 amide bonds. The van der Waals surface area contributed by atoms with E-state index in [9.17, 15) is 14.7 Å². The van der Waals surface area contributed by atoms with Crippen LogP contribution in [0.1, 0.15) is 33.8 Å². The van der Waals surface area contributed by atoms with Gasteiger partial charge < -0.3 is 24.3 Å². The van der Waals surface area contributed by atoms with Crippen molar-refractivity contribution < 1.29 is 19.4 Å². The Morgan fingerprint density at radius 1 is 1.07 bits per heavy atom. The maximum Gasteiger partial charge on any atom is 0.253 e. The van der Waals surface area contributed by atoms with Crippen LogP contribution in [-0.4, -0.2) is 66.4 Å². The van der Waals surface area contributed by atoms with Crippen molar-refractivity contribution >= 4 is 22.7 Å². The molecule has 1 aliphatic rings. The number of nitrogens with zero attached hydrogens (tertiary/aromatic N) is 5. The highest BCUT2D eigenvalue weighted by molar-refractivity contribution is 5.99. The van der Waals surface area contributed by atoms with Crippen molar-refractivity contribution in [3.63, 3.8) is 0 Å². The molecule has 0 radical (unpaired) electrons. The first-order chi connectivity index (χ1) is 19.4. The summed E-state index contributed by atoms with van der Waals surface area (Å²) in [5.41, 5.74) is 3.94. The number of methoxy groups -OCH3 is 1. The molecule has 10 heteroatoms. The van der Waals surface area contributed by atoms with Gasteiger partial charge in [0.2, 0.25) is 11.7 Å². The first kappa shape index (κ1) is 25.3. The van der Waals surface area contributed by atoms with Crippen molar-refractivity contribution in [1.29, 1.82) is 0 Å². The maximum absolute atomic E-state index is 13.5. The van der Waals surface area contributed by atoms with Crippen LogP contribution < -0.4 is 4.74 Å². The van der Waals surface area contributed by atoms with Gasteiger partial charge in [-0.05, 0) is 60.9 Å². The number of Topliss-reactive ketones (excluding diaryl/α,β-unsaturated/α-hetero) is 1. The number of ether oxygens (including phenoxy) is 1. The number of piperidine rings is 1. The lowest BCUT2D eigenvalue weighted by atomic mass is 9.92. The third-order valence-corrected chi connectivity index (χ3v) is 7.38. The summed E-state index contributed by atoms with van der Waals surface area (Å²) in [7, 11) is 3.36. The molecule has 1 aliphatic heterocycles. The lowest BCUT2D eigenvalue weighted by molar-refractivity contribution is 0.0633. The minimum Gasteiger partial charge on any atom is -0.507 e. The third-order valence-electron chi connectivity index (χ3n) is 7.38. The Bertz CT molecular complexity index is 1740. The number of rotatable bonds is 6. The minimum atomic E-state index is -0.284. The largest absolute Gasteiger partial charge is 0.507 e. The fraction of sp³-hybridized carbons (Fsp3) is 0.233. The van der Waals surface area contributed by atoms with E-state index in [1.54, 1.807) is 66.5 Å². The molecule has 2 aromatic carbocycles. The summed E-state index contributed by atoms with van der Waals surface area (Å²) in [6.07, 6.45) is 6.49. The molecule has 1 fully saturated rings. The van der Waals surface area contributed by atoms with Gasteiger partial charge in [0.15, 0.2) is 5.82 Å². The van der Waals surface area contributed by atoms with Crippen molar-refractivity contribution in [2.75, 3.05) is 20.2 Å². The minimum absolute atomic E-state index is 0.0386. The van der Waals surface area contributed by atoms with E-state index < -0.39 is 0 Å². The van der Waals surface area contributed by atoms with Crippen LogP contribution in [0.3, 0.4) is 0 Å². The number of carbonyl (C=O) groups excluding carboxylic acids is 2. The molecule has 1 atom stereocenters. The smallest absolute Gasteiger partial charge is 0.253 e. The van der Waals surface area contributed by atoms with Crippen molar-refractivity contribution in [2.24, 2.45) is 13.0 Å². The highest BCUT2D eigenvalue weighted by Crippen LogP contribution is 2.36. The van der Waals surface area contributed by atoms with Crippen LogP contribution in [0.15, 0.2) is 67.1 Å². The lowest BCUT2D eigenvalue weighted by Gasteiger charge is -2.32. The average molecular weight is 537 g/mol. The van der Waals surface area contributed by atoms with E-state index in [1.807, 2.05) is 24.3 Å². The van der Waals surface area contributed by atoms with Gasteiger partial charge in [0, 0.05) is 55.8 Å². The molecular weight excluding hydrogens is 508 g/mol. The van der Waals surface area contributed by atoms with E-state index in [2.05, 4.69) is 15.0 Å². The Morgan fingerprint density at radius 2 is 1.95 bits per heavy atom. The molecule has 2 N–H and O–H groups in total. The lowest BCUT2D eigenvalue weighted by Crippen LogP contribution is -2.42. The molecule has 0 aliphatic carbocycles. The quantitative estimate of drug-likeness (QED) is 0.307. The van der Waals surface area contributed by atoms with Gasteiger partial charge in [-0.1, -0.05) is 6.07 Å². The number of phenolic OH excluding ortho intramolecular Hbond substituents is 1. The van der Waals surface area contributed by atoms with Crippen LogP contribution >= 0.6 is 0 Å². The number of pyridine rings is 1. The molecule has 10 nitrogen and oxygen atoms in total. The molecule has 0 spiro atoms. The SMILES string of the molecule is COc1ncccc1-c1ccc(O)c(-c2nc3cc(C(=O)N4CCCC(C(=O)c5nccn5C)C4)ccc3[nH]2)c1. The van der Waals surface area contributed by atoms with Gasteiger partial charge in [-0.3, -0.25) is 9.59 Å². The number of carbonyl (C=O) groups is 2. The summed E-state index contributed by atoms with van der Waals surface area (Å²) in [5, 5.41) is 10.7. The predicted molar refractivity (Wildman–Crippen MR) is 149 cm³/mol. The van der Waals surface area contributed by atoms with Gasteiger partial charge in [0.25, 0.3) is 5.91 Å². The van der Waals surface area contributed by atoms with Gasteiger partial charge in [-0.25, -0.2) is 15.0 Å². The number of aryl methyl sites for hydroxylation is 1. The number of imidazole rings is 2. The van der Waals surface area contributed by atoms with Gasteiger partial charge in [0.1, 0.15) is 11.6 Å². The normalized spacial score (nSPS) is 15.3. The summed E-state index contributed by atoms with van der Waals surface area (Å²) < 4.78 is 7.11. The number of amides is 1. The molecule has 0 saturated carbocycles. The standard InChI is InChI=1S/C30H28N6O4/c1-35-14-12-31-28(35)26(38)20-5-4-13-36(17-20)30(39)19-7-9-23-24(16-19)34-27(33-23)22-15-18(8-10-25(22)37)21-6-3-11-32-29(21)40-2/h3,6-12,14-16,20,37H,4-5,13,17H2,1-2H3,(H,33,34). The van der Waals surface area contributed by atoms with Crippen molar-refractivity contribution in [3.8, 4) is 34.1 Å². The molecule has 0 bridgehead atoms. The summed E-state index contributed by atoms with van der Waals surface area (Å²) >= 11 is 0. The van der Waals surface area contributed by atoms with Crippen LogP contribution in [0.4, 0.5) is 0 Å². The highest BCUT2D eigenvalue weighted by Gasteiger charge is 2.31. The molecule has 3 aromatic heterocycles. The Hall–Kier alpha value is -4.99. The van der Waals surface area contributed by atoms with E-state index in [0.717, 1.165) is 29.5 Å². The number of aromatic hydroxyl groups is 1. The number of nitrogens with one attached hydrogen (secondary N) is 1. The topological polar surface area (TPSA) is 126 Å². The summed E-state index contributed by atoms with van der Waals surface area (Å²) in [6.45, 7) is 0.943. The Labute approximate surface area is 230 Å². The van der Waals surface area contributed by atoms with Crippen LogP contribution in [0.25, 0.3) is 33.5 Å². The summed E-state index contributed by atoms with van der Waals surface area (Å²) in [4.78, 5) is 44.6. The van der Waals surface area contributed by atoms with Crippen LogP contribution in [0, 0.1) is 5.92 Å². The van der Waals surface area contributed by atoms with Crippen LogP contribution in [0.2, 0.25) is 0 Å². The number of fused-ring (bicyclic) bond motifs is 1. The van der Waals surface area contributed by atoms with Crippen molar-refractivity contribution in [1.82, 2.24) is 29.4 Å². The van der Waals surface area contributed by atoms with Gasteiger partial charge in [-0.2, -0.15) is 0 Å². The molecule has 4 heterocycles. The number of hydrogen-bond donors (Lipinski definition) is 2. The Morgan fingerprint density at radius 3 is 2.75 bits per heavy atom. The van der Waals surface area contributed by atoms with E-state index in [4.69, 9.17) is 9.72 Å². The zero-order valence-electron chi connectivity index (χ0n) is 22.2. The van der Waals surface area contributed by atoms with Crippen LogP contribution in [0.5, 0.6) is 11.6 Å². The van der Waals surface area contributed by atoms with Crippen molar-refractivity contribution in [2.45, 2.75) is 12.8 Å². The monoisotopic (exact) mass is 536 g/mol. The third kappa shape index (κ3) is 4.57. The van der Waals surface area contributed by atoms with Crippen molar-refractivity contribution in [3.05, 3.63) is 78.5 Å². The number of H-pyrrole nitrogens is 1. The molecule has 1 unspecified atom stereocenters. The second-order valence-corrected chi connectivity index (χ2v) is 9.93. The maximum atomic E-state index is 13.5. The fourth-order valence-electron chi connectivity index (χ4n) is 5.28. The van der Waals surface area contributed by atoms with E-state index in [1.165, 1.54) is 0 Å². The number of aromatic nitrogens is 5. The first-order valence-corrected chi connectivity index (χ1v) is 13.1. The van der Waals surface area contributed by atoms with E-state index in [-0.39, 0.29) is 23.4 Å². The fourth-order valence-corrected chi connectivity index (χ4v) is 5.28. The highest BCUT2D eigenvalue weighted by atomic mass is 16.5. The number of hydrogen-bond acceptors (Lipinski definition) is 7. The van der Waals surface area contributed by atoms with E-state index in [0.29, 0.717) is 47.3 Å². The number of benzene rings is 2. The zero-order chi connectivity index (χ0) is 27.8. The number of ketones is 1. The zero-order valence-corrected chi connectivity index (χ0v) is 22.2. The van der Waals surface area contributed by atoms with Crippen LogP contribution in [-0.2, 0) is 7.05 Å². The van der Waals surface area contributed by atoms with E-state index >= 15 is 0 Å².